The minimum Gasteiger partial charge on any atom is -0.446 e. The number of piperidine rings is 1. The zero-order valence-corrected chi connectivity index (χ0v) is 17.6. The summed E-state index contributed by atoms with van der Waals surface area (Å²) in [4.78, 5) is 14.2. The number of nitrogens with zero attached hydrogens (tertiary/aromatic N) is 2. The number of likely N-dealkylation sites (tertiary alicyclic amines) is 1. The smallest absolute Gasteiger partial charge is 0.404 e. The van der Waals surface area contributed by atoms with Crippen molar-refractivity contribution in [2.75, 3.05) is 13.6 Å². The lowest BCUT2D eigenvalue weighted by atomic mass is 9.71. The van der Waals surface area contributed by atoms with Gasteiger partial charge >= 0.3 is 6.09 Å². The van der Waals surface area contributed by atoms with Gasteiger partial charge in [-0.3, -0.25) is 0 Å². The van der Waals surface area contributed by atoms with E-state index in [2.05, 4.69) is 60.1 Å². The first-order valence-corrected chi connectivity index (χ1v) is 10.8. The summed E-state index contributed by atoms with van der Waals surface area (Å²) in [6.07, 6.45) is 4.16. The normalized spacial score (nSPS) is 24.4. The van der Waals surface area contributed by atoms with Crippen molar-refractivity contribution in [2.45, 2.75) is 37.3 Å². The van der Waals surface area contributed by atoms with Gasteiger partial charge in [0.15, 0.2) is 0 Å². The summed E-state index contributed by atoms with van der Waals surface area (Å²) in [6.45, 7) is 0.907. The number of ether oxygens (including phenoxy) is 1. The van der Waals surface area contributed by atoms with Crippen LogP contribution in [-0.4, -0.2) is 41.3 Å². The van der Waals surface area contributed by atoms with E-state index in [4.69, 9.17) is 10.5 Å². The van der Waals surface area contributed by atoms with Gasteiger partial charge < -0.3 is 19.9 Å². The molecule has 2 heterocycles. The van der Waals surface area contributed by atoms with Crippen LogP contribution in [-0.2, 0) is 24.6 Å². The molecule has 5 heteroatoms. The van der Waals surface area contributed by atoms with Gasteiger partial charge in [-0.25, -0.2) is 4.79 Å². The quantitative estimate of drug-likeness (QED) is 0.720. The van der Waals surface area contributed by atoms with E-state index in [-0.39, 0.29) is 12.0 Å². The van der Waals surface area contributed by atoms with Crippen molar-refractivity contribution in [3.63, 3.8) is 0 Å². The molecule has 1 aromatic heterocycles. The molecular weight excluding hydrogens is 374 g/mol. The fourth-order valence-corrected chi connectivity index (χ4v) is 5.83. The molecule has 2 aliphatic rings. The number of fused-ring (bicyclic) bond motifs is 2. The molecule has 5 rings (SSSR count). The van der Waals surface area contributed by atoms with Crippen molar-refractivity contribution in [2.24, 2.45) is 18.7 Å². The summed E-state index contributed by atoms with van der Waals surface area (Å²) in [6, 6.07) is 17.4. The summed E-state index contributed by atoms with van der Waals surface area (Å²) < 4.78 is 7.92. The molecular formula is C25H29N3O2. The minimum atomic E-state index is -0.684. The molecule has 1 aliphatic carbocycles. The minimum absolute atomic E-state index is 0.218. The lowest BCUT2D eigenvalue weighted by Gasteiger charge is -2.47. The molecule has 1 fully saturated rings. The largest absolute Gasteiger partial charge is 0.446 e. The number of likely N-dealkylation sites (N-methyl/N-ethyl adjacent to an activating group) is 1. The third kappa shape index (κ3) is 3.27. The lowest BCUT2D eigenvalue weighted by molar-refractivity contribution is 0.0137. The van der Waals surface area contributed by atoms with Crippen molar-refractivity contribution in [3.8, 4) is 0 Å². The molecule has 2 aromatic carbocycles. The number of benzene rings is 2. The number of aryl methyl sites for hydroxylation is 1. The number of rotatable bonds is 4. The van der Waals surface area contributed by atoms with E-state index in [0.717, 1.165) is 19.4 Å². The third-order valence-electron chi connectivity index (χ3n) is 7.14. The highest BCUT2D eigenvalue weighted by molar-refractivity contribution is 5.89. The number of nitrogens with two attached hydrogens (primary N) is 1. The molecule has 1 unspecified atom stereocenters. The van der Waals surface area contributed by atoms with Crippen molar-refractivity contribution in [1.29, 1.82) is 0 Å². The molecule has 5 nitrogen and oxygen atoms in total. The second-order valence-electron chi connectivity index (χ2n) is 8.98. The van der Waals surface area contributed by atoms with E-state index in [9.17, 15) is 4.79 Å². The van der Waals surface area contributed by atoms with Crippen molar-refractivity contribution >= 4 is 17.0 Å². The average Bonchev–Trinajstić information content (AvgIpc) is 3.05. The number of amides is 1. The second-order valence-corrected chi connectivity index (χ2v) is 8.98. The summed E-state index contributed by atoms with van der Waals surface area (Å²) >= 11 is 0. The predicted octanol–water partition coefficient (Wildman–Crippen LogP) is 3.84. The van der Waals surface area contributed by atoms with Crippen LogP contribution in [0, 0.1) is 5.92 Å². The van der Waals surface area contributed by atoms with E-state index >= 15 is 0 Å². The highest BCUT2D eigenvalue weighted by atomic mass is 16.6. The van der Waals surface area contributed by atoms with Crippen LogP contribution in [0.3, 0.4) is 0 Å². The Hall–Kier alpha value is -2.79. The summed E-state index contributed by atoms with van der Waals surface area (Å²) in [7, 11) is 4.34. The Kier molecular flexibility index (Phi) is 4.78. The molecule has 0 saturated carbocycles. The van der Waals surface area contributed by atoms with Gasteiger partial charge in [-0.2, -0.15) is 0 Å². The SMILES string of the molecule is CN1C[C@@H](C(Cc2ccccc2)OC(N)=O)C[C@@H]2c3cccc4c3c(cn4C)C[C@H]21. The Balaban J connectivity index is 1.48. The van der Waals surface area contributed by atoms with Gasteiger partial charge in [-0.1, -0.05) is 42.5 Å². The van der Waals surface area contributed by atoms with Gasteiger partial charge in [0.05, 0.1) is 0 Å². The monoisotopic (exact) mass is 403 g/mol. The van der Waals surface area contributed by atoms with Crippen LogP contribution in [0.5, 0.6) is 0 Å². The van der Waals surface area contributed by atoms with Crippen LogP contribution < -0.4 is 5.73 Å². The fraction of sp³-hybridized carbons (Fsp3) is 0.400. The highest BCUT2D eigenvalue weighted by Gasteiger charge is 2.42. The van der Waals surface area contributed by atoms with Crippen LogP contribution in [0.1, 0.15) is 29.0 Å². The maximum atomic E-state index is 11.7. The van der Waals surface area contributed by atoms with Crippen LogP contribution in [0.2, 0.25) is 0 Å². The standard InChI is InChI=1S/C25H29N3O2/c1-27-15-18-13-22-20(19-9-6-10-21(27)24(18)19)12-17(14-28(22)2)23(30-25(26)29)11-16-7-4-3-5-8-16/h3-10,15,17,20,22-23H,11-14H2,1-2H3,(H2,26,29)/t17-,20+,22+,23?/m0/s1. The first-order valence-electron chi connectivity index (χ1n) is 10.8. The van der Waals surface area contributed by atoms with Gasteiger partial charge in [0.25, 0.3) is 0 Å². The Bertz CT molecular complexity index is 1070. The van der Waals surface area contributed by atoms with Crippen LogP contribution >= 0.6 is 0 Å². The molecule has 0 bridgehead atoms. The third-order valence-corrected chi connectivity index (χ3v) is 7.14. The second kappa shape index (κ2) is 7.47. The molecule has 30 heavy (non-hydrogen) atoms. The molecule has 3 aromatic rings. The molecule has 4 atom stereocenters. The van der Waals surface area contributed by atoms with E-state index < -0.39 is 6.09 Å². The maximum Gasteiger partial charge on any atom is 0.404 e. The Morgan fingerprint density at radius 2 is 1.97 bits per heavy atom. The van der Waals surface area contributed by atoms with Crippen molar-refractivity contribution in [1.82, 2.24) is 9.47 Å². The van der Waals surface area contributed by atoms with Gasteiger partial charge in [-0.15, -0.1) is 0 Å². The zero-order chi connectivity index (χ0) is 20.8. The summed E-state index contributed by atoms with van der Waals surface area (Å²) in [5.41, 5.74) is 10.8. The first kappa shape index (κ1) is 19.2. The number of carbonyl (C=O) groups excluding carboxylic acids is 1. The molecule has 0 radical (unpaired) electrons. The molecule has 156 valence electrons. The molecule has 1 aliphatic heterocycles. The van der Waals surface area contributed by atoms with Crippen molar-refractivity contribution < 1.29 is 9.53 Å². The van der Waals surface area contributed by atoms with Gasteiger partial charge in [0.1, 0.15) is 6.10 Å². The molecule has 0 spiro atoms. The summed E-state index contributed by atoms with van der Waals surface area (Å²) in [5, 5.41) is 1.42. The lowest BCUT2D eigenvalue weighted by Crippen LogP contribution is -2.51. The zero-order valence-electron chi connectivity index (χ0n) is 17.6. The van der Waals surface area contributed by atoms with E-state index in [1.165, 1.54) is 27.6 Å². The molecule has 1 amide bonds. The van der Waals surface area contributed by atoms with Gasteiger partial charge in [0.2, 0.25) is 0 Å². The average molecular weight is 404 g/mol. The van der Waals surface area contributed by atoms with Crippen molar-refractivity contribution in [3.05, 3.63) is 71.4 Å². The van der Waals surface area contributed by atoms with E-state index in [0.29, 0.717) is 18.4 Å². The van der Waals surface area contributed by atoms with Crippen LogP contribution in [0.4, 0.5) is 4.79 Å². The Labute approximate surface area is 177 Å². The van der Waals surface area contributed by atoms with Gasteiger partial charge in [0, 0.05) is 55.0 Å². The highest BCUT2D eigenvalue weighted by Crippen LogP contribution is 2.45. The fourth-order valence-electron chi connectivity index (χ4n) is 5.83. The Morgan fingerprint density at radius 1 is 1.17 bits per heavy atom. The number of hydrogen-bond acceptors (Lipinski definition) is 3. The van der Waals surface area contributed by atoms with E-state index in [1.54, 1.807) is 0 Å². The first-order chi connectivity index (χ1) is 14.5. The number of aromatic nitrogens is 1. The number of hydrogen-bond donors (Lipinski definition) is 1. The maximum absolute atomic E-state index is 11.7. The van der Waals surface area contributed by atoms with Crippen LogP contribution in [0.25, 0.3) is 10.9 Å². The number of carbonyl (C=O) groups is 1. The van der Waals surface area contributed by atoms with Crippen LogP contribution in [0.15, 0.2) is 54.7 Å². The predicted molar refractivity (Wildman–Crippen MR) is 118 cm³/mol. The molecule has 2 N–H and O–H groups in total. The van der Waals surface area contributed by atoms with E-state index in [1.807, 2.05) is 18.2 Å². The number of primary amides is 1. The molecule has 1 saturated heterocycles. The van der Waals surface area contributed by atoms with Gasteiger partial charge in [-0.05, 0) is 42.6 Å². The topological polar surface area (TPSA) is 60.5 Å². The summed E-state index contributed by atoms with van der Waals surface area (Å²) in [5.74, 6) is 0.673. The Morgan fingerprint density at radius 3 is 2.73 bits per heavy atom.